The monoisotopic (exact) mass is 212 g/mol. The van der Waals surface area contributed by atoms with Crippen LogP contribution in [0.4, 0.5) is 0 Å². The minimum atomic E-state index is 0.515. The van der Waals surface area contributed by atoms with Gasteiger partial charge in [-0.05, 0) is 51.1 Å². The van der Waals surface area contributed by atoms with E-state index in [1.54, 1.807) is 0 Å². The van der Waals surface area contributed by atoms with Crippen LogP contribution in [-0.2, 0) is 4.74 Å². The highest BCUT2D eigenvalue weighted by Gasteiger charge is 2.23. The topological polar surface area (TPSA) is 38.5 Å². The molecular formula is C12H24N2O. The number of ether oxygens (including phenoxy) is 1. The molecule has 0 spiro atoms. The van der Waals surface area contributed by atoms with Crippen molar-refractivity contribution in [1.82, 2.24) is 4.90 Å². The molecule has 0 radical (unpaired) electrons. The Morgan fingerprint density at radius 1 is 1.27 bits per heavy atom. The third-order valence-corrected chi connectivity index (χ3v) is 3.66. The van der Waals surface area contributed by atoms with Gasteiger partial charge >= 0.3 is 0 Å². The van der Waals surface area contributed by atoms with Crippen molar-refractivity contribution in [3.8, 4) is 0 Å². The SMILES string of the molecule is NCCC1CCCN(CC2CCCO2)C1. The largest absolute Gasteiger partial charge is 0.377 e. The maximum Gasteiger partial charge on any atom is 0.0702 e. The first-order valence-corrected chi connectivity index (χ1v) is 6.42. The predicted octanol–water partition coefficient (Wildman–Crippen LogP) is 1.23. The first-order chi connectivity index (χ1) is 7.38. The van der Waals surface area contributed by atoms with Crippen LogP contribution >= 0.6 is 0 Å². The molecule has 2 atom stereocenters. The van der Waals surface area contributed by atoms with E-state index < -0.39 is 0 Å². The highest BCUT2D eigenvalue weighted by atomic mass is 16.5. The average Bonchev–Trinajstić information content (AvgIpc) is 2.71. The summed E-state index contributed by atoms with van der Waals surface area (Å²) in [6.07, 6.45) is 6.95. The summed E-state index contributed by atoms with van der Waals surface area (Å²) in [5.74, 6) is 0.838. The second kappa shape index (κ2) is 5.83. The van der Waals surface area contributed by atoms with E-state index in [4.69, 9.17) is 10.5 Å². The van der Waals surface area contributed by atoms with Gasteiger partial charge in [0.1, 0.15) is 0 Å². The molecule has 0 saturated carbocycles. The van der Waals surface area contributed by atoms with Crippen LogP contribution in [0.5, 0.6) is 0 Å². The Kier molecular flexibility index (Phi) is 4.42. The minimum absolute atomic E-state index is 0.515. The Morgan fingerprint density at radius 3 is 2.93 bits per heavy atom. The van der Waals surface area contributed by atoms with Gasteiger partial charge in [0.15, 0.2) is 0 Å². The fourth-order valence-electron chi connectivity index (χ4n) is 2.86. The molecule has 0 amide bonds. The van der Waals surface area contributed by atoms with E-state index in [2.05, 4.69) is 4.90 Å². The highest BCUT2D eigenvalue weighted by Crippen LogP contribution is 2.21. The van der Waals surface area contributed by atoms with Gasteiger partial charge in [-0.25, -0.2) is 0 Å². The summed E-state index contributed by atoms with van der Waals surface area (Å²) in [4.78, 5) is 2.58. The van der Waals surface area contributed by atoms with E-state index in [-0.39, 0.29) is 0 Å². The van der Waals surface area contributed by atoms with Crippen LogP contribution < -0.4 is 5.73 Å². The van der Waals surface area contributed by atoms with Crippen molar-refractivity contribution in [3.63, 3.8) is 0 Å². The molecular weight excluding hydrogens is 188 g/mol. The smallest absolute Gasteiger partial charge is 0.0702 e. The van der Waals surface area contributed by atoms with E-state index in [0.29, 0.717) is 6.10 Å². The molecule has 2 aliphatic rings. The van der Waals surface area contributed by atoms with Gasteiger partial charge in [0.2, 0.25) is 0 Å². The highest BCUT2D eigenvalue weighted by molar-refractivity contribution is 4.77. The minimum Gasteiger partial charge on any atom is -0.377 e. The van der Waals surface area contributed by atoms with Crippen molar-refractivity contribution in [1.29, 1.82) is 0 Å². The Labute approximate surface area is 93.0 Å². The summed E-state index contributed by atoms with van der Waals surface area (Å²) in [5, 5.41) is 0. The maximum atomic E-state index is 5.68. The Morgan fingerprint density at radius 2 is 2.20 bits per heavy atom. The van der Waals surface area contributed by atoms with Crippen molar-refractivity contribution in [2.75, 3.05) is 32.8 Å². The lowest BCUT2D eigenvalue weighted by atomic mass is 9.94. The van der Waals surface area contributed by atoms with Crippen LogP contribution in [-0.4, -0.2) is 43.8 Å². The van der Waals surface area contributed by atoms with E-state index in [1.165, 1.54) is 45.2 Å². The van der Waals surface area contributed by atoms with E-state index in [0.717, 1.165) is 25.6 Å². The summed E-state index contributed by atoms with van der Waals surface area (Å²) in [6, 6.07) is 0. The van der Waals surface area contributed by atoms with Crippen molar-refractivity contribution < 1.29 is 4.74 Å². The zero-order valence-corrected chi connectivity index (χ0v) is 9.66. The molecule has 0 aromatic carbocycles. The molecule has 3 heteroatoms. The Bertz CT molecular complexity index is 178. The van der Waals surface area contributed by atoms with Gasteiger partial charge in [0.05, 0.1) is 6.10 Å². The summed E-state index contributed by atoms with van der Waals surface area (Å²) >= 11 is 0. The van der Waals surface area contributed by atoms with Crippen molar-refractivity contribution >= 4 is 0 Å². The van der Waals surface area contributed by atoms with Crippen LogP contribution in [0.3, 0.4) is 0 Å². The molecule has 2 fully saturated rings. The third-order valence-electron chi connectivity index (χ3n) is 3.66. The van der Waals surface area contributed by atoms with Gasteiger partial charge in [0, 0.05) is 19.7 Å². The lowest BCUT2D eigenvalue weighted by Gasteiger charge is -2.33. The first-order valence-electron chi connectivity index (χ1n) is 6.42. The number of nitrogens with zero attached hydrogens (tertiary/aromatic N) is 1. The molecule has 2 heterocycles. The molecule has 3 nitrogen and oxygen atoms in total. The number of rotatable bonds is 4. The van der Waals surface area contributed by atoms with Crippen molar-refractivity contribution in [2.45, 2.75) is 38.2 Å². The number of likely N-dealkylation sites (tertiary alicyclic amines) is 1. The normalized spacial score (nSPS) is 33.4. The van der Waals surface area contributed by atoms with Crippen LogP contribution in [0.25, 0.3) is 0 Å². The quantitative estimate of drug-likeness (QED) is 0.761. The van der Waals surface area contributed by atoms with Gasteiger partial charge in [0.25, 0.3) is 0 Å². The van der Waals surface area contributed by atoms with E-state index in [9.17, 15) is 0 Å². The molecule has 88 valence electrons. The van der Waals surface area contributed by atoms with Gasteiger partial charge in [-0.3, -0.25) is 0 Å². The first kappa shape index (κ1) is 11.4. The molecule has 0 aromatic rings. The van der Waals surface area contributed by atoms with E-state index >= 15 is 0 Å². The lowest BCUT2D eigenvalue weighted by molar-refractivity contribution is 0.0559. The number of hydrogen-bond donors (Lipinski definition) is 1. The molecule has 0 aromatic heterocycles. The fraction of sp³-hybridized carbons (Fsp3) is 1.00. The zero-order valence-electron chi connectivity index (χ0n) is 9.66. The van der Waals surface area contributed by atoms with Crippen LogP contribution in [0.15, 0.2) is 0 Å². The molecule has 2 saturated heterocycles. The Balaban J connectivity index is 1.71. The van der Waals surface area contributed by atoms with E-state index in [1.807, 2.05) is 0 Å². The summed E-state index contributed by atoms with van der Waals surface area (Å²) in [7, 11) is 0. The molecule has 2 rings (SSSR count). The number of hydrogen-bond acceptors (Lipinski definition) is 3. The van der Waals surface area contributed by atoms with Crippen LogP contribution in [0, 0.1) is 5.92 Å². The van der Waals surface area contributed by atoms with Crippen LogP contribution in [0.1, 0.15) is 32.1 Å². The number of nitrogens with two attached hydrogens (primary N) is 1. The van der Waals surface area contributed by atoms with Gasteiger partial charge in [-0.1, -0.05) is 0 Å². The second-order valence-corrected chi connectivity index (χ2v) is 4.98. The molecule has 2 N–H and O–H groups in total. The second-order valence-electron chi connectivity index (χ2n) is 4.98. The summed E-state index contributed by atoms with van der Waals surface area (Å²) in [6.45, 7) is 5.49. The van der Waals surface area contributed by atoms with Gasteiger partial charge in [-0.15, -0.1) is 0 Å². The standard InChI is InChI=1S/C12H24N2O/c13-6-5-11-3-1-7-14(9-11)10-12-4-2-8-15-12/h11-12H,1-10,13H2. The molecule has 0 aliphatic carbocycles. The molecule has 0 bridgehead atoms. The van der Waals surface area contributed by atoms with Gasteiger partial charge < -0.3 is 15.4 Å². The molecule has 2 unspecified atom stereocenters. The predicted molar refractivity (Wildman–Crippen MR) is 61.8 cm³/mol. The average molecular weight is 212 g/mol. The third kappa shape index (κ3) is 3.44. The van der Waals surface area contributed by atoms with Crippen molar-refractivity contribution in [2.24, 2.45) is 11.7 Å². The van der Waals surface area contributed by atoms with Crippen LogP contribution in [0.2, 0.25) is 0 Å². The summed E-state index contributed by atoms with van der Waals surface area (Å²) < 4.78 is 5.68. The Hall–Kier alpha value is -0.120. The summed E-state index contributed by atoms with van der Waals surface area (Å²) in [5.41, 5.74) is 5.63. The zero-order chi connectivity index (χ0) is 10.5. The van der Waals surface area contributed by atoms with Crippen molar-refractivity contribution in [3.05, 3.63) is 0 Å². The fourth-order valence-corrected chi connectivity index (χ4v) is 2.86. The molecule has 15 heavy (non-hydrogen) atoms. The lowest BCUT2D eigenvalue weighted by Crippen LogP contribution is -2.40. The van der Waals surface area contributed by atoms with Gasteiger partial charge in [-0.2, -0.15) is 0 Å². The number of piperidine rings is 1. The molecule has 2 aliphatic heterocycles. The maximum absolute atomic E-state index is 5.68.